The lowest BCUT2D eigenvalue weighted by molar-refractivity contribution is 0.0975. The van der Waals surface area contributed by atoms with Gasteiger partial charge in [0.2, 0.25) is 5.78 Å². The van der Waals surface area contributed by atoms with E-state index in [0.29, 0.717) is 0 Å². The summed E-state index contributed by atoms with van der Waals surface area (Å²) in [5, 5.41) is 0.357. The Morgan fingerprint density at radius 2 is 1.11 bits per heavy atom. The van der Waals surface area contributed by atoms with Gasteiger partial charge in [0.1, 0.15) is 11.5 Å². The van der Waals surface area contributed by atoms with Gasteiger partial charge in [-0.2, -0.15) is 0 Å². The summed E-state index contributed by atoms with van der Waals surface area (Å²) in [4.78, 5) is 29.6. The lowest BCUT2D eigenvalue weighted by atomic mass is 9.83. The Kier molecular flexibility index (Phi) is 5.44. The van der Waals surface area contributed by atoms with Crippen molar-refractivity contribution in [1.82, 2.24) is 9.80 Å². The molecule has 0 fully saturated rings. The van der Waals surface area contributed by atoms with Gasteiger partial charge in [0.15, 0.2) is 5.78 Å². The maximum Gasteiger partial charge on any atom is 0.264 e. The van der Waals surface area contributed by atoms with Crippen LogP contribution >= 0.6 is 24.4 Å². The van der Waals surface area contributed by atoms with Crippen molar-refractivity contribution in [2.24, 2.45) is 0 Å². The first-order valence-corrected chi connectivity index (χ1v) is 9.17. The molecule has 0 amide bonds. The van der Waals surface area contributed by atoms with Gasteiger partial charge in [-0.05, 0) is 36.6 Å². The van der Waals surface area contributed by atoms with Gasteiger partial charge in [-0.1, -0.05) is 24.3 Å². The number of ketones is 2. The molecule has 2 aromatic rings. The lowest BCUT2D eigenvalue weighted by Crippen LogP contribution is -2.29. The predicted octanol–water partition coefficient (Wildman–Crippen LogP) is 2.91. The molecule has 8 heteroatoms. The van der Waals surface area contributed by atoms with E-state index in [9.17, 15) is 9.59 Å². The minimum Gasteiger partial charge on any atom is -0.431 e. The van der Waals surface area contributed by atoms with Crippen molar-refractivity contribution in [3.05, 3.63) is 58.7 Å². The Labute approximate surface area is 173 Å². The highest BCUT2D eigenvalue weighted by molar-refractivity contribution is 7.80. The van der Waals surface area contributed by atoms with E-state index in [2.05, 4.69) is 0 Å². The summed E-state index contributed by atoms with van der Waals surface area (Å²) >= 11 is 10.4. The SMILES string of the molecule is CN(C)C(=S)Oc1cccc2c1C(=O)c1c(OC(=S)N(C)C)cccc1C2=O. The summed E-state index contributed by atoms with van der Waals surface area (Å²) in [6, 6.07) is 9.73. The number of benzene rings is 2. The number of carbonyl (C=O) groups is 2. The van der Waals surface area contributed by atoms with E-state index in [0.717, 1.165) is 0 Å². The van der Waals surface area contributed by atoms with Crippen molar-refractivity contribution >= 4 is 46.4 Å². The van der Waals surface area contributed by atoms with E-state index in [4.69, 9.17) is 33.9 Å². The van der Waals surface area contributed by atoms with Crippen LogP contribution in [-0.2, 0) is 0 Å². The van der Waals surface area contributed by atoms with E-state index in [1.165, 1.54) is 0 Å². The smallest absolute Gasteiger partial charge is 0.264 e. The fourth-order valence-corrected chi connectivity index (χ4v) is 2.90. The maximum absolute atomic E-state index is 13.4. The summed E-state index contributed by atoms with van der Waals surface area (Å²) in [5.74, 6) is -0.207. The molecule has 144 valence electrons. The van der Waals surface area contributed by atoms with E-state index < -0.39 is 0 Å². The molecule has 0 aliphatic heterocycles. The largest absolute Gasteiger partial charge is 0.431 e. The first-order chi connectivity index (χ1) is 13.2. The van der Waals surface area contributed by atoms with Gasteiger partial charge in [-0.25, -0.2) is 0 Å². The Morgan fingerprint density at radius 1 is 0.714 bits per heavy atom. The van der Waals surface area contributed by atoms with Crippen LogP contribution in [0.4, 0.5) is 0 Å². The number of fused-ring (bicyclic) bond motifs is 2. The predicted molar refractivity (Wildman–Crippen MR) is 114 cm³/mol. The second-order valence-corrected chi connectivity index (χ2v) is 7.24. The minimum atomic E-state index is -0.376. The second-order valence-electron chi connectivity index (χ2n) is 6.54. The van der Waals surface area contributed by atoms with Crippen molar-refractivity contribution in [2.45, 2.75) is 0 Å². The van der Waals surface area contributed by atoms with Crippen molar-refractivity contribution < 1.29 is 19.1 Å². The number of carbonyl (C=O) groups excluding carboxylic acids is 2. The first-order valence-electron chi connectivity index (χ1n) is 8.36. The molecule has 28 heavy (non-hydrogen) atoms. The molecule has 2 aromatic carbocycles. The molecule has 1 aliphatic rings. The molecule has 0 radical (unpaired) electrons. The lowest BCUT2D eigenvalue weighted by Gasteiger charge is -2.23. The summed E-state index contributed by atoms with van der Waals surface area (Å²) in [6.07, 6.45) is 0. The number of ether oxygens (including phenoxy) is 2. The second kappa shape index (κ2) is 7.65. The van der Waals surface area contributed by atoms with E-state index in [1.807, 2.05) is 0 Å². The third kappa shape index (κ3) is 3.48. The summed E-state index contributed by atoms with van der Waals surface area (Å²) < 4.78 is 11.4. The number of thiocarbonyl (C=S) groups is 2. The van der Waals surface area contributed by atoms with Crippen LogP contribution in [0.1, 0.15) is 31.8 Å². The van der Waals surface area contributed by atoms with Gasteiger partial charge in [-0.15, -0.1) is 0 Å². The average Bonchev–Trinajstić information content (AvgIpc) is 2.65. The number of rotatable bonds is 2. The highest BCUT2D eigenvalue weighted by Crippen LogP contribution is 2.37. The molecule has 0 saturated carbocycles. The van der Waals surface area contributed by atoms with Gasteiger partial charge in [0.25, 0.3) is 10.3 Å². The molecular weight excluding hydrogens is 396 g/mol. The molecule has 0 N–H and O–H groups in total. The Hall–Kier alpha value is -2.84. The van der Waals surface area contributed by atoms with E-state index in [-0.39, 0.29) is 55.7 Å². The monoisotopic (exact) mass is 414 g/mol. The van der Waals surface area contributed by atoms with Crippen LogP contribution in [-0.4, -0.2) is 59.9 Å². The zero-order valence-electron chi connectivity index (χ0n) is 15.8. The van der Waals surface area contributed by atoms with Gasteiger partial charge in [0, 0.05) is 39.3 Å². The molecule has 1 aliphatic carbocycles. The molecule has 0 unspecified atom stereocenters. The standard InChI is InChI=1S/C20H18N2O4S2/c1-21(2)19(27)25-13-9-5-7-11-15(13)18(24)16-12(17(11)23)8-6-10-14(16)26-20(28)22(3)4/h5-10H,1-4H3. The molecule has 6 nitrogen and oxygen atoms in total. The van der Waals surface area contributed by atoms with Crippen molar-refractivity contribution in [3.8, 4) is 11.5 Å². The summed E-state index contributed by atoms with van der Waals surface area (Å²) in [7, 11) is 6.92. The molecule has 0 heterocycles. The third-order valence-corrected chi connectivity index (χ3v) is 5.02. The van der Waals surface area contributed by atoms with Crippen LogP contribution in [0, 0.1) is 0 Å². The van der Waals surface area contributed by atoms with Gasteiger partial charge in [0.05, 0.1) is 11.1 Å². The highest BCUT2D eigenvalue weighted by atomic mass is 32.1. The van der Waals surface area contributed by atoms with Crippen LogP contribution < -0.4 is 9.47 Å². The quantitative estimate of drug-likeness (QED) is 0.594. The van der Waals surface area contributed by atoms with Crippen LogP contribution in [0.3, 0.4) is 0 Å². The van der Waals surface area contributed by atoms with Gasteiger partial charge in [-0.3, -0.25) is 9.59 Å². The zero-order chi connectivity index (χ0) is 20.6. The fourth-order valence-electron chi connectivity index (χ4n) is 2.72. The fraction of sp³-hybridized carbons (Fsp3) is 0.200. The molecule has 0 bridgehead atoms. The van der Waals surface area contributed by atoms with Crippen LogP contribution in [0.25, 0.3) is 0 Å². The Bertz CT molecular complexity index is 938. The normalized spacial score (nSPS) is 12.0. The minimum absolute atomic E-state index is 0.163. The van der Waals surface area contributed by atoms with Gasteiger partial charge >= 0.3 is 0 Å². The van der Waals surface area contributed by atoms with Crippen LogP contribution in [0.2, 0.25) is 0 Å². The highest BCUT2D eigenvalue weighted by Gasteiger charge is 2.35. The van der Waals surface area contributed by atoms with Crippen LogP contribution in [0.5, 0.6) is 11.5 Å². The van der Waals surface area contributed by atoms with E-state index in [1.54, 1.807) is 74.4 Å². The molecular formula is C20H18N2O4S2. The number of hydrogen-bond donors (Lipinski definition) is 0. The van der Waals surface area contributed by atoms with Crippen molar-refractivity contribution in [1.29, 1.82) is 0 Å². The molecule has 0 saturated heterocycles. The van der Waals surface area contributed by atoms with E-state index >= 15 is 0 Å². The average molecular weight is 415 g/mol. The number of hydrogen-bond acceptors (Lipinski definition) is 6. The first kappa shape index (κ1) is 19.9. The molecule has 0 spiro atoms. The number of nitrogens with zero attached hydrogens (tertiary/aromatic N) is 2. The zero-order valence-corrected chi connectivity index (χ0v) is 17.4. The van der Waals surface area contributed by atoms with Crippen molar-refractivity contribution in [3.63, 3.8) is 0 Å². The van der Waals surface area contributed by atoms with Crippen LogP contribution in [0.15, 0.2) is 36.4 Å². The molecule has 0 atom stereocenters. The summed E-state index contributed by atoms with van der Waals surface area (Å²) in [6.45, 7) is 0. The Morgan fingerprint density at radius 3 is 1.46 bits per heavy atom. The summed E-state index contributed by atoms with van der Waals surface area (Å²) in [5.41, 5.74) is 0.861. The van der Waals surface area contributed by atoms with Crippen molar-refractivity contribution in [2.75, 3.05) is 28.2 Å². The maximum atomic E-state index is 13.4. The van der Waals surface area contributed by atoms with Gasteiger partial charge < -0.3 is 19.3 Å². The topological polar surface area (TPSA) is 59.1 Å². The Balaban J connectivity index is 2.13. The molecule has 0 aromatic heterocycles. The molecule has 3 rings (SSSR count). The third-order valence-electron chi connectivity index (χ3n) is 4.12.